The van der Waals surface area contributed by atoms with Crippen LogP contribution in [-0.2, 0) is 15.6 Å². The highest BCUT2D eigenvalue weighted by atomic mass is 31.2. The fourth-order valence-electron chi connectivity index (χ4n) is 1.06. The molecule has 0 saturated heterocycles. The van der Waals surface area contributed by atoms with Crippen LogP contribution in [0.4, 0.5) is 0 Å². The molecule has 16 heavy (non-hydrogen) atoms. The Morgan fingerprint density at radius 1 is 1.50 bits per heavy atom. The molecule has 4 N–H and O–H groups in total. The second kappa shape index (κ2) is 4.67. The summed E-state index contributed by atoms with van der Waals surface area (Å²) in [6, 6.07) is 2.92. The summed E-state index contributed by atoms with van der Waals surface area (Å²) < 4.78 is 21.8. The van der Waals surface area contributed by atoms with Gasteiger partial charge in [-0.05, 0) is 16.2 Å². The smallest absolute Gasteiger partial charge is 0.337 e. The van der Waals surface area contributed by atoms with Crippen LogP contribution in [0.5, 0.6) is 0 Å². The zero-order chi connectivity index (χ0) is 12.4. The number of nitrogens with zero attached hydrogens (tertiary/aromatic N) is 1. The molecule has 0 aliphatic rings. The van der Waals surface area contributed by atoms with Crippen LogP contribution < -0.4 is 0 Å². The molecule has 1 rings (SSSR count). The molecule has 7 nitrogen and oxygen atoms in total. The van der Waals surface area contributed by atoms with E-state index in [2.05, 4.69) is 4.98 Å². The van der Waals surface area contributed by atoms with E-state index in [0.717, 1.165) is 0 Å². The molecular formula is C7H10NO6P2+. The Bertz CT molecular complexity index is 432. The lowest BCUT2D eigenvalue weighted by Gasteiger charge is -2.16. The van der Waals surface area contributed by atoms with Crippen LogP contribution >= 0.6 is 15.6 Å². The summed E-state index contributed by atoms with van der Waals surface area (Å²) in [5, 5.41) is 6.59. The van der Waals surface area contributed by atoms with Crippen LogP contribution in [0.1, 0.15) is 5.56 Å². The van der Waals surface area contributed by atoms with Crippen molar-refractivity contribution < 1.29 is 28.9 Å². The Morgan fingerprint density at radius 3 is 2.50 bits per heavy atom. The second-order valence-corrected chi connectivity index (χ2v) is 6.60. The molecule has 0 fully saturated rings. The zero-order valence-electron chi connectivity index (χ0n) is 7.96. The van der Waals surface area contributed by atoms with E-state index in [1.165, 1.54) is 24.5 Å². The molecule has 0 amide bonds. The van der Waals surface area contributed by atoms with Gasteiger partial charge in [0.2, 0.25) is 0 Å². The number of aliphatic hydroxyl groups is 1. The van der Waals surface area contributed by atoms with Gasteiger partial charge in [0.1, 0.15) is 0 Å². The quantitative estimate of drug-likeness (QED) is 0.572. The molecule has 88 valence electrons. The molecule has 0 spiro atoms. The topological polar surface area (TPSA) is 128 Å². The Morgan fingerprint density at radius 2 is 2.12 bits per heavy atom. The van der Waals surface area contributed by atoms with E-state index in [1.807, 2.05) is 0 Å². The van der Waals surface area contributed by atoms with Crippen molar-refractivity contribution in [2.45, 2.75) is 11.5 Å². The minimum Gasteiger partial charge on any atom is -0.337 e. The van der Waals surface area contributed by atoms with E-state index < -0.39 is 27.1 Å². The van der Waals surface area contributed by atoms with Crippen LogP contribution in [0, 0.1) is 0 Å². The SMILES string of the molecule is O=[P+](O)C(O)(Cc1cccnc1)P(=O)(O)O. The van der Waals surface area contributed by atoms with Crippen molar-refractivity contribution in [2.75, 3.05) is 0 Å². The maximum atomic E-state index is 11.0. The van der Waals surface area contributed by atoms with E-state index in [0.29, 0.717) is 0 Å². The van der Waals surface area contributed by atoms with Gasteiger partial charge in [-0.1, -0.05) is 6.07 Å². The molecular weight excluding hydrogens is 256 g/mol. The van der Waals surface area contributed by atoms with Gasteiger partial charge in [0, 0.05) is 12.4 Å². The Hall–Kier alpha value is -0.680. The number of rotatable bonds is 4. The van der Waals surface area contributed by atoms with Crippen LogP contribution in [0.15, 0.2) is 24.5 Å². The summed E-state index contributed by atoms with van der Waals surface area (Å²) in [6.45, 7) is 0. The Balaban J connectivity index is 3.08. The summed E-state index contributed by atoms with van der Waals surface area (Å²) in [4.78, 5) is 30.2. The van der Waals surface area contributed by atoms with Gasteiger partial charge in [0.25, 0.3) is 0 Å². The van der Waals surface area contributed by atoms with Gasteiger partial charge >= 0.3 is 20.7 Å². The minimum atomic E-state index is -5.12. The van der Waals surface area contributed by atoms with E-state index in [4.69, 9.17) is 14.7 Å². The van der Waals surface area contributed by atoms with Gasteiger partial charge in [0.05, 0.1) is 6.42 Å². The zero-order valence-corrected chi connectivity index (χ0v) is 9.75. The first-order valence-corrected chi connectivity index (χ1v) is 6.93. The molecule has 2 unspecified atom stereocenters. The molecule has 9 heteroatoms. The highest BCUT2D eigenvalue weighted by Crippen LogP contribution is 2.61. The van der Waals surface area contributed by atoms with Gasteiger partial charge < -0.3 is 14.9 Å². The van der Waals surface area contributed by atoms with Gasteiger partial charge in [-0.2, -0.15) is 4.89 Å². The lowest BCUT2D eigenvalue weighted by molar-refractivity contribution is 0.154. The molecule has 1 aromatic rings. The number of aromatic nitrogens is 1. The third-order valence-electron chi connectivity index (χ3n) is 1.94. The van der Waals surface area contributed by atoms with Crippen molar-refractivity contribution in [1.82, 2.24) is 4.98 Å². The maximum Gasteiger partial charge on any atom is 0.555 e. The third kappa shape index (κ3) is 2.71. The van der Waals surface area contributed by atoms with Crippen LogP contribution in [0.25, 0.3) is 0 Å². The van der Waals surface area contributed by atoms with E-state index in [9.17, 15) is 14.2 Å². The van der Waals surface area contributed by atoms with Gasteiger partial charge in [-0.15, -0.1) is 0 Å². The summed E-state index contributed by atoms with van der Waals surface area (Å²) in [5.74, 6) is 0. The Labute approximate surface area is 91.8 Å². The lowest BCUT2D eigenvalue weighted by Crippen LogP contribution is -2.27. The van der Waals surface area contributed by atoms with E-state index in [1.54, 1.807) is 0 Å². The largest absolute Gasteiger partial charge is 0.555 e. The summed E-state index contributed by atoms with van der Waals surface area (Å²) in [5.41, 5.74) is 0.255. The average molecular weight is 266 g/mol. The average Bonchev–Trinajstić information content (AvgIpc) is 2.17. The van der Waals surface area contributed by atoms with Crippen molar-refractivity contribution in [1.29, 1.82) is 0 Å². The first-order chi connectivity index (χ1) is 7.27. The minimum absolute atomic E-state index is 0.255. The highest BCUT2D eigenvalue weighted by Gasteiger charge is 2.62. The van der Waals surface area contributed by atoms with E-state index >= 15 is 0 Å². The predicted octanol–water partition coefficient (Wildman–Crippen LogP) is 0.183. The molecule has 1 heterocycles. The first-order valence-electron chi connectivity index (χ1n) is 4.10. The maximum absolute atomic E-state index is 11.0. The molecule has 0 aromatic carbocycles. The summed E-state index contributed by atoms with van der Waals surface area (Å²) >= 11 is 0. The van der Waals surface area contributed by atoms with Gasteiger partial charge in [-0.3, -0.25) is 9.55 Å². The molecule has 0 bridgehead atoms. The van der Waals surface area contributed by atoms with Gasteiger partial charge in [0.15, 0.2) is 0 Å². The second-order valence-electron chi connectivity index (χ2n) is 3.13. The molecule has 0 saturated carbocycles. The number of pyridine rings is 1. The molecule has 0 aliphatic heterocycles. The predicted molar refractivity (Wildman–Crippen MR) is 54.8 cm³/mol. The summed E-state index contributed by atoms with van der Waals surface area (Å²) in [7, 11) is -8.56. The highest BCUT2D eigenvalue weighted by molar-refractivity contribution is 7.66. The fraction of sp³-hybridized carbons (Fsp3) is 0.286. The molecule has 0 radical (unpaired) electrons. The molecule has 2 atom stereocenters. The van der Waals surface area contributed by atoms with E-state index in [-0.39, 0.29) is 5.56 Å². The standard InChI is InChI=1S/C7H9NO6P2/c9-7(15(10)11,16(12,13)14)4-6-2-1-3-8-5-6/h1-3,5,9H,4H2,(H2-,10,11,12,13,14)/p+1. The lowest BCUT2D eigenvalue weighted by atomic mass is 10.2. The van der Waals surface area contributed by atoms with Crippen LogP contribution in [-0.4, -0.2) is 29.9 Å². The monoisotopic (exact) mass is 266 g/mol. The summed E-state index contributed by atoms with van der Waals surface area (Å²) in [6.07, 6.45) is 2.04. The van der Waals surface area contributed by atoms with Crippen molar-refractivity contribution in [2.24, 2.45) is 0 Å². The van der Waals surface area contributed by atoms with Crippen molar-refractivity contribution in [3.63, 3.8) is 0 Å². The number of hydrogen-bond donors (Lipinski definition) is 4. The van der Waals surface area contributed by atoms with Gasteiger partial charge in [-0.25, -0.2) is 0 Å². The van der Waals surface area contributed by atoms with Crippen molar-refractivity contribution >= 4 is 15.6 Å². The molecule has 0 aliphatic carbocycles. The first kappa shape index (κ1) is 13.4. The third-order valence-corrected chi connectivity index (χ3v) is 5.09. The number of hydrogen-bond acceptors (Lipinski definition) is 4. The van der Waals surface area contributed by atoms with Crippen molar-refractivity contribution in [3.8, 4) is 0 Å². The van der Waals surface area contributed by atoms with Crippen LogP contribution in [0.3, 0.4) is 0 Å². The fourth-order valence-corrected chi connectivity index (χ4v) is 2.66. The van der Waals surface area contributed by atoms with Crippen molar-refractivity contribution in [3.05, 3.63) is 30.1 Å². The van der Waals surface area contributed by atoms with Crippen LogP contribution in [0.2, 0.25) is 0 Å². The normalized spacial score (nSPS) is 16.6. The Kier molecular flexibility index (Phi) is 3.91. The molecule has 1 aromatic heterocycles.